The number of nitrogens with one attached hydrogen (secondary N) is 1. The monoisotopic (exact) mass is 537 g/mol. The first-order valence-electron chi connectivity index (χ1n) is 13.2. The molecule has 38 heavy (non-hydrogen) atoms. The number of methoxy groups -OCH3 is 1. The van der Waals surface area contributed by atoms with Crippen LogP contribution in [0.1, 0.15) is 62.8 Å². The van der Waals surface area contributed by atoms with Gasteiger partial charge >= 0.3 is 12.1 Å². The molecule has 11 heteroatoms. The van der Waals surface area contributed by atoms with Gasteiger partial charge in [0.15, 0.2) is 0 Å². The van der Waals surface area contributed by atoms with Crippen LogP contribution in [0.2, 0.25) is 0 Å². The van der Waals surface area contributed by atoms with E-state index in [1.165, 1.54) is 7.11 Å². The molecule has 2 fully saturated rings. The zero-order valence-corrected chi connectivity index (χ0v) is 22.1. The molecule has 2 amide bonds. The molecule has 0 aromatic carbocycles. The highest BCUT2D eigenvalue weighted by molar-refractivity contribution is 5.86. The predicted molar refractivity (Wildman–Crippen MR) is 132 cm³/mol. The Morgan fingerprint density at radius 3 is 2.55 bits per heavy atom. The quantitative estimate of drug-likeness (QED) is 0.561. The van der Waals surface area contributed by atoms with Crippen LogP contribution in [0.25, 0.3) is 0 Å². The molecule has 8 nitrogen and oxygen atoms in total. The van der Waals surface area contributed by atoms with E-state index in [1.807, 2.05) is 13.3 Å². The predicted octanol–water partition coefficient (Wildman–Crippen LogP) is 3.14. The van der Waals surface area contributed by atoms with Gasteiger partial charge in [-0.05, 0) is 70.2 Å². The molecule has 1 radical (unpaired) electrons. The number of aromatic nitrogens is 1. The number of ether oxygens (including phenoxy) is 1. The third-order valence-corrected chi connectivity index (χ3v) is 8.49. The Morgan fingerprint density at radius 2 is 1.92 bits per heavy atom. The maximum atomic E-state index is 13.7. The highest BCUT2D eigenvalue weighted by Gasteiger charge is 2.48. The zero-order chi connectivity index (χ0) is 27.7. The van der Waals surface area contributed by atoms with E-state index < -0.39 is 29.2 Å². The van der Waals surface area contributed by atoms with Gasteiger partial charge in [0.1, 0.15) is 6.04 Å². The Labute approximate surface area is 221 Å². The number of hydrogen-bond donors (Lipinski definition) is 1. The summed E-state index contributed by atoms with van der Waals surface area (Å²) in [5.41, 5.74) is -0.363. The first-order valence-corrected chi connectivity index (χ1v) is 13.2. The number of hydrogen-bond acceptors (Lipinski definition) is 6. The van der Waals surface area contributed by atoms with Crippen molar-refractivity contribution in [3.63, 3.8) is 0 Å². The smallest absolute Gasteiger partial charge is 0.417 e. The molecule has 3 aliphatic rings. The number of rotatable bonds is 6. The second-order valence-electron chi connectivity index (χ2n) is 10.7. The second kappa shape index (κ2) is 11.2. The van der Waals surface area contributed by atoms with Crippen molar-refractivity contribution in [1.82, 2.24) is 20.1 Å². The van der Waals surface area contributed by atoms with Gasteiger partial charge < -0.3 is 19.9 Å². The number of likely N-dealkylation sites (tertiary alicyclic amines) is 1. The molecule has 2 aliphatic heterocycles. The number of fused-ring (bicyclic) bond motifs is 1. The summed E-state index contributed by atoms with van der Waals surface area (Å²) in [4.78, 5) is 46.0. The SMILES string of the molecule is C[CH][C@]1(C(=O)N2CCc3ncc(C(F)(F)F)cc3C2)CCC(N2CCC(C(=O)N[C@H](C)C(=O)OC)CC2)C1. The van der Waals surface area contributed by atoms with Crippen LogP contribution >= 0.6 is 0 Å². The lowest BCUT2D eigenvalue weighted by molar-refractivity contribution is -0.145. The van der Waals surface area contributed by atoms with E-state index in [4.69, 9.17) is 0 Å². The normalized spacial score (nSPS) is 25.5. The number of pyridine rings is 1. The minimum Gasteiger partial charge on any atom is -0.467 e. The summed E-state index contributed by atoms with van der Waals surface area (Å²) in [6.45, 7) is 5.52. The molecule has 1 aliphatic carbocycles. The van der Waals surface area contributed by atoms with Crippen LogP contribution in [0, 0.1) is 17.8 Å². The molecule has 0 bridgehead atoms. The number of amides is 2. The number of carbonyl (C=O) groups is 3. The third-order valence-electron chi connectivity index (χ3n) is 8.49. The summed E-state index contributed by atoms with van der Waals surface area (Å²) in [5.74, 6) is -0.828. The Bertz CT molecular complexity index is 1060. The van der Waals surface area contributed by atoms with Gasteiger partial charge in [-0.15, -0.1) is 0 Å². The van der Waals surface area contributed by atoms with Gasteiger partial charge in [0, 0.05) is 43.4 Å². The first kappa shape index (κ1) is 28.3. The molecule has 0 spiro atoms. The Balaban J connectivity index is 1.35. The van der Waals surface area contributed by atoms with Crippen molar-refractivity contribution in [3.8, 4) is 0 Å². The minimum atomic E-state index is -4.47. The molecule has 1 aromatic heterocycles. The summed E-state index contributed by atoms with van der Waals surface area (Å²) in [6, 6.07) is 0.627. The first-order chi connectivity index (χ1) is 18.0. The number of alkyl halides is 3. The fourth-order valence-electron chi connectivity index (χ4n) is 6.10. The van der Waals surface area contributed by atoms with E-state index in [0.717, 1.165) is 31.8 Å². The summed E-state index contributed by atoms with van der Waals surface area (Å²) in [7, 11) is 1.29. The number of halogens is 3. The standard InChI is InChI=1S/C27H36F3N4O4/c1-4-26(25(37)34-12-8-22-19(16-34)13-20(15-31-22)27(28,29)30)9-5-21(14-26)33-10-6-18(7-11-33)23(35)32-17(2)24(36)38-3/h4,13,15,17-18,21H,5-12,14,16H2,1-3H3,(H,32,35)/t17-,21?,26+/m1/s1. The van der Waals surface area contributed by atoms with Crippen molar-refractivity contribution in [2.75, 3.05) is 26.7 Å². The fourth-order valence-corrected chi connectivity index (χ4v) is 6.10. The molecule has 3 atom stereocenters. The molecule has 1 unspecified atom stereocenters. The van der Waals surface area contributed by atoms with Gasteiger partial charge in [-0.2, -0.15) is 13.2 Å². The van der Waals surface area contributed by atoms with Crippen molar-refractivity contribution in [3.05, 3.63) is 35.5 Å². The highest BCUT2D eigenvalue weighted by atomic mass is 19.4. The van der Waals surface area contributed by atoms with Crippen LogP contribution in [0.4, 0.5) is 13.2 Å². The summed E-state index contributed by atoms with van der Waals surface area (Å²) in [5, 5.41) is 2.72. The van der Waals surface area contributed by atoms with Crippen LogP contribution in [0.15, 0.2) is 12.3 Å². The van der Waals surface area contributed by atoms with Gasteiger partial charge in [-0.25, -0.2) is 4.79 Å². The van der Waals surface area contributed by atoms with Gasteiger partial charge in [-0.1, -0.05) is 6.92 Å². The van der Waals surface area contributed by atoms with Crippen molar-refractivity contribution >= 4 is 17.8 Å². The maximum Gasteiger partial charge on any atom is 0.417 e. The lowest BCUT2D eigenvalue weighted by Gasteiger charge is -2.38. The summed E-state index contributed by atoms with van der Waals surface area (Å²) >= 11 is 0. The molecular weight excluding hydrogens is 501 g/mol. The average molecular weight is 538 g/mol. The molecule has 1 saturated heterocycles. The van der Waals surface area contributed by atoms with E-state index in [0.29, 0.717) is 49.9 Å². The van der Waals surface area contributed by atoms with E-state index in [9.17, 15) is 27.6 Å². The van der Waals surface area contributed by atoms with Gasteiger partial charge in [0.05, 0.1) is 18.1 Å². The minimum absolute atomic E-state index is 0.0309. The van der Waals surface area contributed by atoms with Crippen LogP contribution in [0.5, 0.6) is 0 Å². The van der Waals surface area contributed by atoms with Crippen LogP contribution < -0.4 is 5.32 Å². The topological polar surface area (TPSA) is 91.8 Å². The fraction of sp³-hybridized carbons (Fsp3) is 0.667. The molecular formula is C27H36F3N4O4. The maximum absolute atomic E-state index is 13.7. The molecule has 1 aromatic rings. The number of esters is 1. The van der Waals surface area contributed by atoms with Gasteiger partial charge in [0.25, 0.3) is 0 Å². The molecule has 1 N–H and O–H groups in total. The molecule has 209 valence electrons. The van der Waals surface area contributed by atoms with Crippen molar-refractivity contribution in [2.24, 2.45) is 11.3 Å². The van der Waals surface area contributed by atoms with Gasteiger partial charge in [-0.3, -0.25) is 14.6 Å². The van der Waals surface area contributed by atoms with Crippen molar-refractivity contribution < 1.29 is 32.3 Å². The van der Waals surface area contributed by atoms with E-state index in [2.05, 4.69) is 19.9 Å². The molecule has 1 saturated carbocycles. The number of piperidine rings is 1. The molecule has 3 heterocycles. The highest BCUT2D eigenvalue weighted by Crippen LogP contribution is 2.45. The second-order valence-corrected chi connectivity index (χ2v) is 10.7. The van der Waals surface area contributed by atoms with Gasteiger partial charge in [0.2, 0.25) is 11.8 Å². The van der Waals surface area contributed by atoms with E-state index in [1.54, 1.807) is 11.8 Å². The Kier molecular flexibility index (Phi) is 8.34. The van der Waals surface area contributed by atoms with Crippen LogP contribution in [-0.4, -0.2) is 71.4 Å². The lowest BCUT2D eigenvalue weighted by atomic mass is 9.80. The van der Waals surface area contributed by atoms with Crippen LogP contribution in [0.3, 0.4) is 0 Å². The Hall–Kier alpha value is -2.69. The summed E-state index contributed by atoms with van der Waals surface area (Å²) < 4.78 is 44.3. The van der Waals surface area contributed by atoms with Crippen molar-refractivity contribution in [1.29, 1.82) is 0 Å². The Morgan fingerprint density at radius 1 is 1.21 bits per heavy atom. The van der Waals surface area contributed by atoms with Crippen LogP contribution in [-0.2, 0) is 38.3 Å². The van der Waals surface area contributed by atoms with E-state index in [-0.39, 0.29) is 30.3 Å². The zero-order valence-electron chi connectivity index (χ0n) is 22.1. The summed E-state index contributed by atoms with van der Waals surface area (Å²) in [6.07, 6.45) is 2.32. The van der Waals surface area contributed by atoms with E-state index >= 15 is 0 Å². The molecule has 4 rings (SSSR count). The third kappa shape index (κ3) is 5.82. The number of nitrogens with zero attached hydrogens (tertiary/aromatic N) is 3. The largest absolute Gasteiger partial charge is 0.467 e. The van der Waals surface area contributed by atoms with Crippen molar-refractivity contribution in [2.45, 2.75) is 77.2 Å². The number of carbonyl (C=O) groups excluding carboxylic acids is 3. The average Bonchev–Trinajstić information content (AvgIpc) is 3.37. The lowest BCUT2D eigenvalue weighted by Crippen LogP contribution is -2.48.